The molecule has 0 aliphatic rings. The second kappa shape index (κ2) is 5.27. The fraction of sp³-hybridized carbons (Fsp3) is 0.0625. The predicted octanol–water partition coefficient (Wildman–Crippen LogP) is 3.92. The zero-order chi connectivity index (χ0) is 13.2. The van der Waals surface area contributed by atoms with Crippen LogP contribution in [0.5, 0.6) is 0 Å². The van der Waals surface area contributed by atoms with Gasteiger partial charge in [0.1, 0.15) is 6.10 Å². The van der Waals surface area contributed by atoms with E-state index in [1.54, 1.807) is 6.20 Å². The zero-order valence-corrected chi connectivity index (χ0v) is 12.3. The van der Waals surface area contributed by atoms with Crippen LogP contribution in [0, 0.1) is 3.57 Å². The van der Waals surface area contributed by atoms with Gasteiger partial charge in [-0.2, -0.15) is 0 Å². The van der Waals surface area contributed by atoms with E-state index in [2.05, 4.69) is 27.6 Å². The van der Waals surface area contributed by atoms with Crippen molar-refractivity contribution >= 4 is 33.5 Å². The maximum Gasteiger partial charge on any atom is 0.105 e. The van der Waals surface area contributed by atoms with Crippen LogP contribution in [0.2, 0.25) is 0 Å². The summed E-state index contributed by atoms with van der Waals surface area (Å²) in [4.78, 5) is 4.32. The third-order valence-corrected chi connectivity index (χ3v) is 3.81. The Morgan fingerprint density at radius 3 is 2.68 bits per heavy atom. The standard InChI is InChI=1S/C16H12INO/c17-12-5-1-4-11(10-12)16(19)14-6-2-8-15-13(14)7-3-9-18-15/h1-10,16,19H. The molecule has 0 amide bonds. The number of aliphatic hydroxyl groups is 1. The summed E-state index contributed by atoms with van der Waals surface area (Å²) in [5, 5.41) is 11.6. The van der Waals surface area contributed by atoms with Crippen LogP contribution < -0.4 is 0 Å². The summed E-state index contributed by atoms with van der Waals surface area (Å²) in [6, 6.07) is 17.7. The molecule has 0 saturated carbocycles. The molecule has 0 aliphatic heterocycles. The van der Waals surface area contributed by atoms with Crippen LogP contribution in [0.3, 0.4) is 0 Å². The van der Waals surface area contributed by atoms with Crippen LogP contribution in [0.25, 0.3) is 10.9 Å². The molecule has 0 radical (unpaired) electrons. The van der Waals surface area contributed by atoms with Crippen molar-refractivity contribution in [3.05, 3.63) is 75.5 Å². The third-order valence-electron chi connectivity index (χ3n) is 3.14. The number of benzene rings is 2. The van der Waals surface area contributed by atoms with Gasteiger partial charge in [-0.25, -0.2) is 0 Å². The Balaban J connectivity index is 2.14. The molecule has 2 nitrogen and oxygen atoms in total. The Morgan fingerprint density at radius 2 is 1.84 bits per heavy atom. The average Bonchev–Trinajstić information content (AvgIpc) is 2.46. The lowest BCUT2D eigenvalue weighted by atomic mass is 9.98. The van der Waals surface area contributed by atoms with Gasteiger partial charge in [0.15, 0.2) is 0 Å². The summed E-state index contributed by atoms with van der Waals surface area (Å²) in [5.41, 5.74) is 2.71. The van der Waals surface area contributed by atoms with E-state index in [9.17, 15) is 5.11 Å². The predicted molar refractivity (Wildman–Crippen MR) is 85.0 cm³/mol. The second-order valence-electron chi connectivity index (χ2n) is 4.37. The van der Waals surface area contributed by atoms with Crippen molar-refractivity contribution in [3.8, 4) is 0 Å². The van der Waals surface area contributed by atoms with Gasteiger partial charge in [-0.3, -0.25) is 4.98 Å². The lowest BCUT2D eigenvalue weighted by molar-refractivity contribution is 0.222. The normalized spacial score (nSPS) is 12.5. The van der Waals surface area contributed by atoms with Crippen molar-refractivity contribution in [1.82, 2.24) is 4.98 Å². The third kappa shape index (κ3) is 2.48. The summed E-state index contributed by atoms with van der Waals surface area (Å²) in [6.45, 7) is 0. The van der Waals surface area contributed by atoms with E-state index in [4.69, 9.17) is 0 Å². The Labute approximate surface area is 125 Å². The van der Waals surface area contributed by atoms with Crippen LogP contribution in [0.4, 0.5) is 0 Å². The van der Waals surface area contributed by atoms with Gasteiger partial charge in [-0.15, -0.1) is 0 Å². The van der Waals surface area contributed by atoms with Crippen molar-refractivity contribution in [2.24, 2.45) is 0 Å². The monoisotopic (exact) mass is 361 g/mol. The fourth-order valence-corrected chi connectivity index (χ4v) is 2.79. The van der Waals surface area contributed by atoms with Gasteiger partial charge < -0.3 is 5.11 Å². The van der Waals surface area contributed by atoms with Crippen molar-refractivity contribution in [2.75, 3.05) is 0 Å². The first kappa shape index (κ1) is 12.6. The summed E-state index contributed by atoms with van der Waals surface area (Å²) in [6.07, 6.45) is 1.15. The molecule has 94 valence electrons. The Hall–Kier alpha value is -1.46. The van der Waals surface area contributed by atoms with Crippen LogP contribution >= 0.6 is 22.6 Å². The molecule has 1 unspecified atom stereocenters. The quantitative estimate of drug-likeness (QED) is 0.702. The molecule has 0 aliphatic carbocycles. The van der Waals surface area contributed by atoms with Gasteiger partial charge in [0.05, 0.1) is 5.52 Å². The lowest BCUT2D eigenvalue weighted by Gasteiger charge is -2.14. The maximum atomic E-state index is 10.6. The van der Waals surface area contributed by atoms with Crippen LogP contribution in [0.1, 0.15) is 17.2 Å². The second-order valence-corrected chi connectivity index (χ2v) is 5.62. The molecule has 3 rings (SSSR count). The first-order valence-corrected chi connectivity index (χ1v) is 7.11. The number of aromatic nitrogens is 1. The van der Waals surface area contributed by atoms with Crippen molar-refractivity contribution in [2.45, 2.75) is 6.10 Å². The van der Waals surface area contributed by atoms with Crippen molar-refractivity contribution < 1.29 is 5.11 Å². The zero-order valence-electron chi connectivity index (χ0n) is 10.1. The highest BCUT2D eigenvalue weighted by atomic mass is 127. The minimum atomic E-state index is -0.623. The fourth-order valence-electron chi connectivity index (χ4n) is 2.22. The van der Waals surface area contributed by atoms with E-state index in [1.165, 1.54) is 0 Å². The van der Waals surface area contributed by atoms with E-state index in [0.717, 1.165) is 25.6 Å². The number of rotatable bonds is 2. The minimum Gasteiger partial charge on any atom is -0.384 e. The van der Waals surface area contributed by atoms with E-state index in [0.29, 0.717) is 0 Å². The van der Waals surface area contributed by atoms with Gasteiger partial charge in [0, 0.05) is 15.2 Å². The molecule has 3 aromatic rings. The Bertz CT molecular complexity index is 721. The first-order valence-electron chi connectivity index (χ1n) is 6.03. The summed E-state index contributed by atoms with van der Waals surface area (Å²) in [7, 11) is 0. The number of halogens is 1. The minimum absolute atomic E-state index is 0.623. The van der Waals surface area contributed by atoms with Crippen LogP contribution in [-0.4, -0.2) is 10.1 Å². The van der Waals surface area contributed by atoms with Crippen LogP contribution in [-0.2, 0) is 0 Å². The van der Waals surface area contributed by atoms with E-state index in [-0.39, 0.29) is 0 Å². The number of pyridine rings is 1. The number of nitrogens with zero attached hydrogens (tertiary/aromatic N) is 1. The molecule has 0 fully saturated rings. The van der Waals surface area contributed by atoms with Gasteiger partial charge in [-0.05, 0) is 58.0 Å². The Kier molecular flexibility index (Phi) is 3.48. The summed E-state index contributed by atoms with van der Waals surface area (Å²) in [5.74, 6) is 0. The molecule has 1 heterocycles. The maximum absolute atomic E-state index is 10.6. The summed E-state index contributed by atoms with van der Waals surface area (Å²) >= 11 is 2.25. The molecule has 0 bridgehead atoms. The van der Waals surface area contributed by atoms with Crippen molar-refractivity contribution in [1.29, 1.82) is 0 Å². The van der Waals surface area contributed by atoms with Crippen molar-refractivity contribution in [3.63, 3.8) is 0 Å². The Morgan fingerprint density at radius 1 is 1.00 bits per heavy atom. The molecular weight excluding hydrogens is 349 g/mol. The number of hydrogen-bond acceptors (Lipinski definition) is 2. The van der Waals surface area contributed by atoms with E-state index >= 15 is 0 Å². The van der Waals surface area contributed by atoms with Gasteiger partial charge in [0.2, 0.25) is 0 Å². The number of fused-ring (bicyclic) bond motifs is 1. The molecule has 19 heavy (non-hydrogen) atoms. The topological polar surface area (TPSA) is 33.1 Å². The lowest BCUT2D eigenvalue weighted by Crippen LogP contribution is -2.01. The van der Waals surface area contributed by atoms with Gasteiger partial charge in [-0.1, -0.05) is 30.3 Å². The van der Waals surface area contributed by atoms with Gasteiger partial charge in [0.25, 0.3) is 0 Å². The molecule has 0 spiro atoms. The van der Waals surface area contributed by atoms with Crippen LogP contribution in [0.15, 0.2) is 60.8 Å². The highest BCUT2D eigenvalue weighted by molar-refractivity contribution is 14.1. The van der Waals surface area contributed by atoms with E-state index < -0.39 is 6.10 Å². The van der Waals surface area contributed by atoms with E-state index in [1.807, 2.05) is 54.6 Å². The summed E-state index contributed by atoms with van der Waals surface area (Å²) < 4.78 is 1.12. The molecule has 3 heteroatoms. The van der Waals surface area contributed by atoms with Gasteiger partial charge >= 0.3 is 0 Å². The average molecular weight is 361 g/mol. The highest BCUT2D eigenvalue weighted by Gasteiger charge is 2.13. The smallest absolute Gasteiger partial charge is 0.105 e. The molecule has 1 atom stereocenters. The molecule has 1 aromatic heterocycles. The molecule has 0 saturated heterocycles. The number of aliphatic hydroxyl groups excluding tert-OH is 1. The highest BCUT2D eigenvalue weighted by Crippen LogP contribution is 2.28. The molecule has 2 aromatic carbocycles. The SMILES string of the molecule is OC(c1cccc(I)c1)c1cccc2ncccc12. The molecular formula is C16H12INO. The first-order chi connectivity index (χ1) is 9.25. The largest absolute Gasteiger partial charge is 0.384 e. The number of hydrogen-bond donors (Lipinski definition) is 1. The molecule has 1 N–H and O–H groups in total.